The first-order valence-electron chi connectivity index (χ1n) is 7.75. The maximum atomic E-state index is 9.02. The molecule has 0 aromatic carbocycles. The number of ether oxygens (including phenoxy) is 2. The highest BCUT2D eigenvalue weighted by Crippen LogP contribution is 2.08. The van der Waals surface area contributed by atoms with Gasteiger partial charge in [-0.3, -0.25) is 0 Å². The fraction of sp³-hybridized carbons (Fsp3) is 1.00. The summed E-state index contributed by atoms with van der Waals surface area (Å²) in [4.78, 5) is 0. The van der Waals surface area contributed by atoms with Crippen LogP contribution in [0.3, 0.4) is 0 Å². The summed E-state index contributed by atoms with van der Waals surface area (Å²) in [7, 11) is 0. The Hall–Kier alpha value is -0.160. The quantitative estimate of drug-likeness (QED) is 0.451. The van der Waals surface area contributed by atoms with Crippen molar-refractivity contribution in [1.82, 2.24) is 0 Å². The normalized spacial score (nSPS) is 12.8. The molecule has 19 heavy (non-hydrogen) atoms. The number of rotatable bonds is 15. The lowest BCUT2D eigenvalue weighted by atomic mass is 10.1. The average Bonchev–Trinajstić information content (AvgIpc) is 2.43. The van der Waals surface area contributed by atoms with Crippen molar-refractivity contribution in [2.75, 3.05) is 33.0 Å². The zero-order chi connectivity index (χ0) is 14.2. The van der Waals surface area contributed by atoms with Crippen LogP contribution >= 0.6 is 0 Å². The second-order valence-corrected chi connectivity index (χ2v) is 5.00. The van der Waals surface area contributed by atoms with E-state index in [0.717, 1.165) is 13.0 Å². The van der Waals surface area contributed by atoms with E-state index in [4.69, 9.17) is 19.7 Å². The van der Waals surface area contributed by atoms with Gasteiger partial charge in [-0.1, -0.05) is 51.9 Å². The van der Waals surface area contributed by atoms with Gasteiger partial charge in [0.15, 0.2) is 0 Å². The monoisotopic (exact) mass is 276 g/mol. The number of hydrogen-bond donors (Lipinski definition) is 2. The molecule has 0 heterocycles. The van der Waals surface area contributed by atoms with Crippen LogP contribution in [0.5, 0.6) is 0 Å². The highest BCUT2D eigenvalue weighted by atomic mass is 16.5. The van der Waals surface area contributed by atoms with Crippen LogP contribution in [0.2, 0.25) is 0 Å². The summed E-state index contributed by atoms with van der Waals surface area (Å²) in [5.41, 5.74) is 0. The lowest BCUT2D eigenvalue weighted by Gasteiger charge is -2.08. The summed E-state index contributed by atoms with van der Waals surface area (Å²) in [5, 5.41) is 17.6. The molecule has 0 bridgehead atoms. The van der Waals surface area contributed by atoms with Gasteiger partial charge >= 0.3 is 0 Å². The maximum Gasteiger partial charge on any atom is 0.100 e. The zero-order valence-electron chi connectivity index (χ0n) is 12.5. The molecule has 0 aromatic rings. The minimum atomic E-state index is -0.771. The third-order valence-corrected chi connectivity index (χ3v) is 3.04. The van der Waals surface area contributed by atoms with E-state index in [0.29, 0.717) is 13.2 Å². The van der Waals surface area contributed by atoms with Gasteiger partial charge in [0.2, 0.25) is 0 Å². The Morgan fingerprint density at radius 1 is 0.789 bits per heavy atom. The van der Waals surface area contributed by atoms with E-state index >= 15 is 0 Å². The first-order valence-corrected chi connectivity index (χ1v) is 7.75. The molecule has 4 nitrogen and oxygen atoms in total. The van der Waals surface area contributed by atoms with Crippen LogP contribution in [0.25, 0.3) is 0 Å². The highest BCUT2D eigenvalue weighted by Gasteiger charge is 2.00. The third kappa shape index (κ3) is 15.8. The van der Waals surface area contributed by atoms with Crippen LogP contribution in [0.4, 0.5) is 0 Å². The van der Waals surface area contributed by atoms with Crippen molar-refractivity contribution in [1.29, 1.82) is 0 Å². The molecule has 0 spiro atoms. The van der Waals surface area contributed by atoms with E-state index in [-0.39, 0.29) is 13.2 Å². The van der Waals surface area contributed by atoms with Gasteiger partial charge in [-0.05, 0) is 6.42 Å². The lowest BCUT2D eigenvalue weighted by Crippen LogP contribution is -2.20. The van der Waals surface area contributed by atoms with Gasteiger partial charge in [0, 0.05) is 6.61 Å². The van der Waals surface area contributed by atoms with Crippen molar-refractivity contribution in [2.45, 2.75) is 64.4 Å². The Labute approximate surface area is 118 Å². The average molecular weight is 276 g/mol. The second kappa shape index (κ2) is 15.9. The molecule has 1 unspecified atom stereocenters. The van der Waals surface area contributed by atoms with Crippen molar-refractivity contribution in [3.8, 4) is 0 Å². The number of unbranched alkanes of at least 4 members (excludes halogenated alkanes) is 7. The molecule has 0 radical (unpaired) electrons. The van der Waals surface area contributed by atoms with E-state index in [1.54, 1.807) is 0 Å². The van der Waals surface area contributed by atoms with Gasteiger partial charge in [0.1, 0.15) is 6.10 Å². The van der Waals surface area contributed by atoms with Gasteiger partial charge in [-0.15, -0.1) is 0 Å². The minimum Gasteiger partial charge on any atom is -0.394 e. The molecule has 0 rings (SSSR count). The predicted octanol–water partition coefficient (Wildman–Crippen LogP) is 2.51. The molecular formula is C15H32O4. The molecule has 0 saturated carbocycles. The van der Waals surface area contributed by atoms with E-state index in [2.05, 4.69) is 6.92 Å². The highest BCUT2D eigenvalue weighted by molar-refractivity contribution is 4.48. The summed E-state index contributed by atoms with van der Waals surface area (Å²) in [6.07, 6.45) is 9.68. The van der Waals surface area contributed by atoms with E-state index in [1.807, 2.05) is 0 Å². The van der Waals surface area contributed by atoms with Crippen LogP contribution in [-0.2, 0) is 9.47 Å². The largest absolute Gasteiger partial charge is 0.394 e. The summed E-state index contributed by atoms with van der Waals surface area (Å²) >= 11 is 0. The summed E-state index contributed by atoms with van der Waals surface area (Å²) in [5.74, 6) is 0. The van der Waals surface area contributed by atoms with Crippen LogP contribution in [0.15, 0.2) is 0 Å². The van der Waals surface area contributed by atoms with Crippen molar-refractivity contribution in [3.05, 3.63) is 0 Å². The maximum absolute atomic E-state index is 9.02. The van der Waals surface area contributed by atoms with Gasteiger partial charge in [0.25, 0.3) is 0 Å². The molecule has 0 aliphatic heterocycles. The fourth-order valence-electron chi connectivity index (χ4n) is 1.83. The Morgan fingerprint density at radius 2 is 1.37 bits per heavy atom. The van der Waals surface area contributed by atoms with Gasteiger partial charge in [0.05, 0.1) is 26.4 Å². The Bertz CT molecular complexity index is 164. The lowest BCUT2D eigenvalue weighted by molar-refractivity contribution is -0.0150. The Balaban J connectivity index is 2.95. The molecule has 0 aliphatic rings. The zero-order valence-corrected chi connectivity index (χ0v) is 12.5. The van der Waals surface area contributed by atoms with Crippen molar-refractivity contribution in [3.63, 3.8) is 0 Å². The Morgan fingerprint density at radius 3 is 2.00 bits per heavy atom. The van der Waals surface area contributed by atoms with E-state index in [9.17, 15) is 0 Å². The number of aliphatic hydroxyl groups excluding tert-OH is 2. The molecule has 116 valence electrons. The second-order valence-electron chi connectivity index (χ2n) is 5.00. The minimum absolute atomic E-state index is 0.178. The molecule has 0 fully saturated rings. The van der Waals surface area contributed by atoms with Crippen LogP contribution in [-0.4, -0.2) is 49.4 Å². The molecule has 0 amide bonds. The van der Waals surface area contributed by atoms with Crippen molar-refractivity contribution >= 4 is 0 Å². The van der Waals surface area contributed by atoms with Gasteiger partial charge in [-0.25, -0.2) is 0 Å². The first-order chi connectivity index (χ1) is 9.31. The topological polar surface area (TPSA) is 58.9 Å². The van der Waals surface area contributed by atoms with Crippen LogP contribution < -0.4 is 0 Å². The molecule has 1 atom stereocenters. The van der Waals surface area contributed by atoms with E-state index < -0.39 is 6.10 Å². The SMILES string of the molecule is CCCCCCCCCCOCCOCC(O)CO. The smallest absolute Gasteiger partial charge is 0.100 e. The summed E-state index contributed by atoms with van der Waals surface area (Å²) in [6.45, 7) is 4.01. The number of hydrogen-bond acceptors (Lipinski definition) is 4. The van der Waals surface area contributed by atoms with Crippen LogP contribution in [0, 0.1) is 0 Å². The standard InChI is InChI=1S/C15H32O4/c1-2-3-4-5-6-7-8-9-10-18-11-12-19-14-15(17)13-16/h15-17H,2-14H2,1H3. The first kappa shape index (κ1) is 18.8. The van der Waals surface area contributed by atoms with E-state index in [1.165, 1.54) is 44.9 Å². The third-order valence-electron chi connectivity index (χ3n) is 3.04. The van der Waals surface area contributed by atoms with Crippen LogP contribution in [0.1, 0.15) is 58.3 Å². The molecule has 0 aromatic heterocycles. The van der Waals surface area contributed by atoms with Crippen molar-refractivity contribution in [2.24, 2.45) is 0 Å². The molecule has 4 heteroatoms. The number of aliphatic hydroxyl groups is 2. The van der Waals surface area contributed by atoms with Crippen molar-refractivity contribution < 1.29 is 19.7 Å². The van der Waals surface area contributed by atoms with Gasteiger partial charge in [-0.2, -0.15) is 0 Å². The molecule has 0 aliphatic carbocycles. The molecule has 2 N–H and O–H groups in total. The molecule has 0 saturated heterocycles. The summed E-state index contributed by atoms with van der Waals surface area (Å²) < 4.78 is 10.6. The van der Waals surface area contributed by atoms with Gasteiger partial charge < -0.3 is 19.7 Å². The predicted molar refractivity (Wildman–Crippen MR) is 77.3 cm³/mol. The summed E-state index contributed by atoms with van der Waals surface area (Å²) in [6, 6.07) is 0. The fourth-order valence-corrected chi connectivity index (χ4v) is 1.83. The molecular weight excluding hydrogens is 244 g/mol. The Kier molecular flexibility index (Phi) is 15.8.